The Morgan fingerprint density at radius 3 is 2.85 bits per heavy atom. The van der Waals surface area contributed by atoms with Crippen molar-refractivity contribution in [1.29, 1.82) is 0 Å². The van der Waals surface area contributed by atoms with Gasteiger partial charge in [0.25, 0.3) is 0 Å². The third-order valence-electron chi connectivity index (χ3n) is 1.92. The fraction of sp³-hybridized carbons (Fsp3) is 0.222. The number of carbonyl (C=O) groups is 1. The van der Waals surface area contributed by atoms with Crippen molar-refractivity contribution in [2.24, 2.45) is 0 Å². The highest BCUT2D eigenvalue weighted by Crippen LogP contribution is 2.35. The lowest BCUT2D eigenvalue weighted by Gasteiger charge is -2.17. The van der Waals surface area contributed by atoms with E-state index in [9.17, 15) is 4.79 Å². The van der Waals surface area contributed by atoms with Crippen LogP contribution in [0.15, 0.2) is 12.1 Å². The first-order valence-electron chi connectivity index (χ1n) is 3.84. The van der Waals surface area contributed by atoms with E-state index in [0.717, 1.165) is 0 Å². The van der Waals surface area contributed by atoms with Gasteiger partial charge in [-0.25, -0.2) is 0 Å². The standard InChI is InChI=1S/C9H6Cl2O2/c10-5-1-2-7-8(9(5)11)6(12)3-4-13-7/h1-2H,3-4H2. The highest BCUT2D eigenvalue weighted by molar-refractivity contribution is 6.44. The van der Waals surface area contributed by atoms with Gasteiger partial charge >= 0.3 is 0 Å². The van der Waals surface area contributed by atoms with Gasteiger partial charge < -0.3 is 4.74 Å². The van der Waals surface area contributed by atoms with Crippen LogP contribution in [0, 0.1) is 0 Å². The molecule has 1 aliphatic rings. The summed E-state index contributed by atoms with van der Waals surface area (Å²) in [6.45, 7) is 0.420. The summed E-state index contributed by atoms with van der Waals surface area (Å²) in [6.07, 6.45) is 0.368. The molecule has 2 rings (SSSR count). The van der Waals surface area contributed by atoms with Crippen LogP contribution >= 0.6 is 23.2 Å². The Hall–Kier alpha value is -0.730. The number of hydrogen-bond acceptors (Lipinski definition) is 2. The zero-order valence-electron chi connectivity index (χ0n) is 6.64. The average molecular weight is 217 g/mol. The molecule has 1 aromatic carbocycles. The van der Waals surface area contributed by atoms with Crippen molar-refractivity contribution in [2.75, 3.05) is 6.61 Å². The third-order valence-corrected chi connectivity index (χ3v) is 2.73. The van der Waals surface area contributed by atoms with Gasteiger partial charge in [0.05, 0.1) is 22.2 Å². The second-order valence-electron chi connectivity index (χ2n) is 2.76. The first-order chi connectivity index (χ1) is 6.20. The maximum atomic E-state index is 11.4. The Morgan fingerprint density at radius 1 is 1.31 bits per heavy atom. The molecule has 1 aliphatic heterocycles. The monoisotopic (exact) mass is 216 g/mol. The molecule has 1 heterocycles. The Labute approximate surface area is 85.4 Å². The van der Waals surface area contributed by atoms with E-state index < -0.39 is 0 Å². The van der Waals surface area contributed by atoms with Gasteiger partial charge in [-0.1, -0.05) is 23.2 Å². The van der Waals surface area contributed by atoms with E-state index in [1.54, 1.807) is 12.1 Å². The molecular formula is C9H6Cl2O2. The number of Topliss-reactive ketones (excluding diaryl/α,β-unsaturated/α-hetero) is 1. The average Bonchev–Trinajstić information content (AvgIpc) is 2.12. The number of ketones is 1. The topological polar surface area (TPSA) is 26.3 Å². The predicted octanol–water partition coefficient (Wildman–Crippen LogP) is 2.96. The molecule has 1 aromatic rings. The minimum absolute atomic E-state index is 0.00579. The number of benzene rings is 1. The molecule has 0 saturated heterocycles. The zero-order chi connectivity index (χ0) is 9.42. The molecule has 0 amide bonds. The van der Waals surface area contributed by atoms with Gasteiger partial charge in [0.1, 0.15) is 5.75 Å². The summed E-state index contributed by atoms with van der Waals surface area (Å²) >= 11 is 11.6. The summed E-state index contributed by atoms with van der Waals surface area (Å²) in [5.41, 5.74) is 0.417. The second kappa shape index (κ2) is 3.20. The van der Waals surface area contributed by atoms with Crippen LogP contribution in [0.3, 0.4) is 0 Å². The smallest absolute Gasteiger partial charge is 0.171 e. The van der Waals surface area contributed by atoms with Crippen LogP contribution in [0.1, 0.15) is 16.8 Å². The van der Waals surface area contributed by atoms with Crippen molar-refractivity contribution in [2.45, 2.75) is 6.42 Å². The van der Waals surface area contributed by atoms with Crippen molar-refractivity contribution >= 4 is 29.0 Å². The molecule has 0 atom stereocenters. The van der Waals surface area contributed by atoms with Crippen LogP contribution < -0.4 is 4.74 Å². The summed E-state index contributed by atoms with van der Waals surface area (Å²) in [6, 6.07) is 3.29. The van der Waals surface area contributed by atoms with E-state index in [1.807, 2.05) is 0 Å². The van der Waals surface area contributed by atoms with Crippen molar-refractivity contribution < 1.29 is 9.53 Å². The zero-order valence-corrected chi connectivity index (χ0v) is 8.15. The summed E-state index contributed by atoms with van der Waals surface area (Å²) < 4.78 is 5.27. The summed E-state index contributed by atoms with van der Waals surface area (Å²) in [7, 11) is 0. The van der Waals surface area contributed by atoms with E-state index >= 15 is 0 Å². The minimum Gasteiger partial charge on any atom is -0.492 e. The number of carbonyl (C=O) groups excluding carboxylic acids is 1. The summed E-state index contributed by atoms with van der Waals surface area (Å²) in [5.74, 6) is 0.527. The van der Waals surface area contributed by atoms with Crippen LogP contribution in [0.25, 0.3) is 0 Å². The van der Waals surface area contributed by atoms with Crippen molar-refractivity contribution in [1.82, 2.24) is 0 Å². The molecule has 0 N–H and O–H groups in total. The Morgan fingerprint density at radius 2 is 2.08 bits per heavy atom. The first-order valence-corrected chi connectivity index (χ1v) is 4.60. The summed E-state index contributed by atoms with van der Waals surface area (Å²) in [5, 5.41) is 0.683. The fourth-order valence-corrected chi connectivity index (χ4v) is 1.71. The molecule has 0 aliphatic carbocycles. The lowest BCUT2D eigenvalue weighted by atomic mass is 10.1. The molecule has 0 aromatic heterocycles. The van der Waals surface area contributed by atoms with Gasteiger partial charge in [-0.05, 0) is 12.1 Å². The van der Waals surface area contributed by atoms with Gasteiger partial charge in [-0.15, -0.1) is 0 Å². The van der Waals surface area contributed by atoms with E-state index in [0.29, 0.717) is 34.4 Å². The lowest BCUT2D eigenvalue weighted by Crippen LogP contribution is -2.15. The Bertz CT molecular complexity index is 374. The third kappa shape index (κ3) is 1.40. The highest BCUT2D eigenvalue weighted by atomic mass is 35.5. The highest BCUT2D eigenvalue weighted by Gasteiger charge is 2.22. The van der Waals surface area contributed by atoms with Crippen LogP contribution in [0.2, 0.25) is 10.0 Å². The van der Waals surface area contributed by atoms with Gasteiger partial charge in [-0.2, -0.15) is 0 Å². The lowest BCUT2D eigenvalue weighted by molar-refractivity contribution is 0.0934. The molecule has 0 saturated carbocycles. The molecule has 0 spiro atoms. The van der Waals surface area contributed by atoms with Crippen LogP contribution in [-0.2, 0) is 0 Å². The van der Waals surface area contributed by atoms with Gasteiger partial charge in [0, 0.05) is 6.42 Å². The number of ether oxygens (including phenoxy) is 1. The minimum atomic E-state index is -0.00579. The second-order valence-corrected chi connectivity index (χ2v) is 3.54. The van der Waals surface area contributed by atoms with Gasteiger partial charge in [0.2, 0.25) is 0 Å². The number of halogens is 2. The molecule has 0 radical (unpaired) electrons. The van der Waals surface area contributed by atoms with Crippen molar-refractivity contribution in [3.8, 4) is 5.75 Å². The molecule has 0 fully saturated rings. The predicted molar refractivity (Wildman–Crippen MR) is 50.9 cm³/mol. The van der Waals surface area contributed by atoms with Gasteiger partial charge in [0.15, 0.2) is 5.78 Å². The van der Waals surface area contributed by atoms with Crippen LogP contribution in [0.5, 0.6) is 5.75 Å². The number of fused-ring (bicyclic) bond motifs is 1. The largest absolute Gasteiger partial charge is 0.492 e. The maximum absolute atomic E-state index is 11.4. The number of hydrogen-bond donors (Lipinski definition) is 0. The first kappa shape index (κ1) is 8.85. The van der Waals surface area contributed by atoms with E-state index in [4.69, 9.17) is 27.9 Å². The van der Waals surface area contributed by atoms with Crippen LogP contribution in [0.4, 0.5) is 0 Å². The Balaban J connectivity index is 2.65. The van der Waals surface area contributed by atoms with Gasteiger partial charge in [-0.3, -0.25) is 4.79 Å². The molecule has 4 heteroatoms. The Kier molecular flexibility index (Phi) is 2.18. The molecule has 0 unspecified atom stereocenters. The molecule has 0 bridgehead atoms. The molecule has 68 valence electrons. The van der Waals surface area contributed by atoms with E-state index in [2.05, 4.69) is 0 Å². The molecule has 13 heavy (non-hydrogen) atoms. The van der Waals surface area contributed by atoms with Crippen molar-refractivity contribution in [3.63, 3.8) is 0 Å². The van der Waals surface area contributed by atoms with Crippen LogP contribution in [-0.4, -0.2) is 12.4 Å². The quantitative estimate of drug-likeness (QED) is 0.667. The summed E-state index contributed by atoms with van der Waals surface area (Å²) in [4.78, 5) is 11.4. The molecule has 2 nitrogen and oxygen atoms in total. The van der Waals surface area contributed by atoms with E-state index in [-0.39, 0.29) is 5.78 Å². The maximum Gasteiger partial charge on any atom is 0.171 e. The van der Waals surface area contributed by atoms with E-state index in [1.165, 1.54) is 0 Å². The normalized spacial score (nSPS) is 15.1. The number of rotatable bonds is 0. The molecular weight excluding hydrogens is 211 g/mol. The fourth-order valence-electron chi connectivity index (χ4n) is 1.29. The SMILES string of the molecule is O=C1CCOc2ccc(Cl)c(Cl)c21. The van der Waals surface area contributed by atoms with Crippen molar-refractivity contribution in [3.05, 3.63) is 27.7 Å².